The zero-order valence-corrected chi connectivity index (χ0v) is 11.1. The minimum Gasteiger partial charge on any atom is -0.393 e. The first-order chi connectivity index (χ1) is 7.91. The Hall–Kier alpha value is -1.00. The summed E-state index contributed by atoms with van der Waals surface area (Å²) in [6.45, 7) is 9.04. The summed E-state index contributed by atoms with van der Waals surface area (Å²) < 4.78 is 0. The Labute approximate surface area is 103 Å². The van der Waals surface area contributed by atoms with Crippen molar-refractivity contribution >= 4 is 0 Å². The Kier molecular flexibility index (Phi) is 5.02. The number of hydrogen-bond acceptors (Lipinski definition) is 4. The molecule has 0 radical (unpaired) electrons. The molecule has 1 aromatic rings. The van der Waals surface area contributed by atoms with E-state index in [2.05, 4.69) is 36.1 Å². The van der Waals surface area contributed by atoms with Crippen LogP contribution in [0, 0.1) is 5.41 Å². The molecule has 0 bridgehead atoms. The Morgan fingerprint density at radius 2 is 2.06 bits per heavy atom. The average molecular weight is 237 g/mol. The third-order valence-electron chi connectivity index (χ3n) is 2.76. The third kappa shape index (κ3) is 5.24. The van der Waals surface area contributed by atoms with E-state index in [1.54, 1.807) is 18.6 Å². The molecule has 0 aliphatic heterocycles. The molecule has 0 fully saturated rings. The van der Waals surface area contributed by atoms with Crippen molar-refractivity contribution in [3.8, 4) is 0 Å². The molecule has 1 rings (SSSR count). The predicted molar refractivity (Wildman–Crippen MR) is 68.5 cm³/mol. The second-order valence-electron chi connectivity index (χ2n) is 5.45. The van der Waals surface area contributed by atoms with Gasteiger partial charge in [-0.3, -0.25) is 9.97 Å². The van der Waals surface area contributed by atoms with Crippen molar-refractivity contribution in [2.45, 2.75) is 46.3 Å². The molecule has 4 heteroatoms. The quantitative estimate of drug-likeness (QED) is 0.793. The summed E-state index contributed by atoms with van der Waals surface area (Å²) in [5.41, 5.74) is 1.02. The molecule has 2 atom stereocenters. The molecule has 0 saturated carbocycles. The molecule has 1 aromatic heterocycles. The molecule has 0 spiro atoms. The summed E-state index contributed by atoms with van der Waals surface area (Å²) in [6, 6.07) is 0.178. The highest BCUT2D eigenvalue weighted by atomic mass is 16.3. The van der Waals surface area contributed by atoms with E-state index in [0.717, 1.165) is 18.7 Å². The van der Waals surface area contributed by atoms with Gasteiger partial charge >= 0.3 is 0 Å². The Morgan fingerprint density at radius 1 is 1.35 bits per heavy atom. The van der Waals surface area contributed by atoms with Gasteiger partial charge < -0.3 is 10.4 Å². The van der Waals surface area contributed by atoms with Crippen molar-refractivity contribution in [1.82, 2.24) is 15.3 Å². The Balaban J connectivity index is 2.45. The summed E-state index contributed by atoms with van der Waals surface area (Å²) in [5, 5.41) is 12.9. The fourth-order valence-corrected chi connectivity index (χ4v) is 1.94. The molecule has 0 aliphatic carbocycles. The lowest BCUT2D eigenvalue weighted by Crippen LogP contribution is -2.33. The summed E-state index contributed by atoms with van der Waals surface area (Å²) in [4.78, 5) is 8.32. The Bertz CT molecular complexity index is 325. The lowest BCUT2D eigenvalue weighted by Gasteiger charge is -2.28. The van der Waals surface area contributed by atoms with Crippen LogP contribution < -0.4 is 5.32 Å². The third-order valence-corrected chi connectivity index (χ3v) is 2.76. The molecule has 96 valence electrons. The molecule has 4 nitrogen and oxygen atoms in total. The van der Waals surface area contributed by atoms with Crippen LogP contribution >= 0.6 is 0 Å². The molecule has 17 heavy (non-hydrogen) atoms. The van der Waals surface area contributed by atoms with E-state index in [4.69, 9.17) is 0 Å². The van der Waals surface area contributed by atoms with Crippen molar-refractivity contribution in [1.29, 1.82) is 0 Å². The second-order valence-corrected chi connectivity index (χ2v) is 5.45. The molecule has 1 heterocycles. The van der Waals surface area contributed by atoms with Gasteiger partial charge in [0.05, 0.1) is 11.8 Å². The fourth-order valence-electron chi connectivity index (χ4n) is 1.94. The van der Waals surface area contributed by atoms with Gasteiger partial charge in [-0.1, -0.05) is 13.8 Å². The van der Waals surface area contributed by atoms with Crippen molar-refractivity contribution in [3.05, 3.63) is 24.3 Å². The number of aromatic nitrogens is 2. The van der Waals surface area contributed by atoms with Gasteiger partial charge in [-0.2, -0.15) is 0 Å². The van der Waals surface area contributed by atoms with Gasteiger partial charge in [0.15, 0.2) is 0 Å². The first-order valence-corrected chi connectivity index (χ1v) is 6.08. The van der Waals surface area contributed by atoms with Crippen LogP contribution in [0.25, 0.3) is 0 Å². The van der Waals surface area contributed by atoms with Crippen molar-refractivity contribution in [3.63, 3.8) is 0 Å². The highest BCUT2D eigenvalue weighted by Crippen LogP contribution is 2.22. The van der Waals surface area contributed by atoms with Crippen LogP contribution in [-0.2, 0) is 0 Å². The van der Waals surface area contributed by atoms with E-state index in [9.17, 15) is 5.11 Å². The Morgan fingerprint density at radius 3 is 2.59 bits per heavy atom. The van der Waals surface area contributed by atoms with Crippen LogP contribution in [0.3, 0.4) is 0 Å². The van der Waals surface area contributed by atoms with Crippen LogP contribution in [-0.4, -0.2) is 27.7 Å². The van der Waals surface area contributed by atoms with Gasteiger partial charge in [-0.25, -0.2) is 0 Å². The zero-order chi connectivity index (χ0) is 12.9. The van der Waals surface area contributed by atoms with E-state index in [1.165, 1.54) is 0 Å². The number of aliphatic hydroxyl groups is 1. The molecular weight excluding hydrogens is 214 g/mol. The molecular formula is C13H23N3O. The highest BCUT2D eigenvalue weighted by molar-refractivity contribution is 5.00. The molecule has 0 amide bonds. The van der Waals surface area contributed by atoms with Gasteiger partial charge in [-0.15, -0.1) is 0 Å². The number of rotatable bonds is 6. The number of aliphatic hydroxyl groups excluding tert-OH is 1. The maximum absolute atomic E-state index is 9.42. The standard InChI is InChI=1S/C13H23N3O/c1-10(17)7-13(3,4)9-16-11(2)12-8-14-5-6-15-12/h5-6,8,10-11,16-17H,7,9H2,1-4H3. The van der Waals surface area contributed by atoms with E-state index in [0.29, 0.717) is 0 Å². The van der Waals surface area contributed by atoms with E-state index in [-0.39, 0.29) is 17.6 Å². The first kappa shape index (κ1) is 14.1. The van der Waals surface area contributed by atoms with Crippen LogP contribution in [0.4, 0.5) is 0 Å². The van der Waals surface area contributed by atoms with Gasteiger partial charge in [0, 0.05) is 31.2 Å². The minimum atomic E-state index is -0.265. The summed E-state index contributed by atoms with van der Waals surface area (Å²) >= 11 is 0. The van der Waals surface area contributed by atoms with Crippen LogP contribution in [0.1, 0.15) is 45.9 Å². The molecule has 2 unspecified atom stereocenters. The topological polar surface area (TPSA) is 58.0 Å². The average Bonchev–Trinajstić information content (AvgIpc) is 2.25. The lowest BCUT2D eigenvalue weighted by atomic mass is 9.86. The van der Waals surface area contributed by atoms with Crippen LogP contribution in [0.5, 0.6) is 0 Å². The van der Waals surface area contributed by atoms with Gasteiger partial charge in [-0.05, 0) is 25.7 Å². The molecule has 2 N–H and O–H groups in total. The lowest BCUT2D eigenvalue weighted by molar-refractivity contribution is 0.126. The summed E-state index contributed by atoms with van der Waals surface area (Å²) in [6.07, 6.45) is 5.67. The fraction of sp³-hybridized carbons (Fsp3) is 0.692. The SMILES string of the molecule is CC(O)CC(C)(C)CNC(C)c1cnccn1. The predicted octanol–water partition coefficient (Wildman–Crippen LogP) is 1.92. The molecule has 0 aliphatic rings. The van der Waals surface area contributed by atoms with Crippen molar-refractivity contribution in [2.24, 2.45) is 5.41 Å². The van der Waals surface area contributed by atoms with Gasteiger partial charge in [0.2, 0.25) is 0 Å². The maximum Gasteiger partial charge on any atom is 0.0753 e. The monoisotopic (exact) mass is 237 g/mol. The van der Waals surface area contributed by atoms with Crippen molar-refractivity contribution in [2.75, 3.05) is 6.54 Å². The summed E-state index contributed by atoms with van der Waals surface area (Å²) in [7, 11) is 0. The second kappa shape index (κ2) is 6.07. The minimum absolute atomic E-state index is 0.0740. The number of hydrogen-bond donors (Lipinski definition) is 2. The highest BCUT2D eigenvalue weighted by Gasteiger charge is 2.21. The molecule has 0 saturated heterocycles. The normalized spacial score (nSPS) is 15.6. The van der Waals surface area contributed by atoms with Gasteiger partial charge in [0.1, 0.15) is 0 Å². The largest absolute Gasteiger partial charge is 0.393 e. The first-order valence-electron chi connectivity index (χ1n) is 6.08. The van der Waals surface area contributed by atoms with Crippen molar-refractivity contribution < 1.29 is 5.11 Å². The van der Waals surface area contributed by atoms with E-state index in [1.807, 2.05) is 6.92 Å². The van der Waals surface area contributed by atoms with Crippen LogP contribution in [0.15, 0.2) is 18.6 Å². The van der Waals surface area contributed by atoms with E-state index >= 15 is 0 Å². The molecule has 0 aromatic carbocycles. The number of nitrogens with one attached hydrogen (secondary N) is 1. The maximum atomic E-state index is 9.42. The zero-order valence-electron chi connectivity index (χ0n) is 11.1. The number of nitrogens with zero attached hydrogens (tertiary/aromatic N) is 2. The van der Waals surface area contributed by atoms with E-state index < -0.39 is 0 Å². The van der Waals surface area contributed by atoms with Gasteiger partial charge in [0.25, 0.3) is 0 Å². The van der Waals surface area contributed by atoms with Crippen LogP contribution in [0.2, 0.25) is 0 Å². The smallest absolute Gasteiger partial charge is 0.0753 e. The summed E-state index contributed by atoms with van der Waals surface area (Å²) in [5.74, 6) is 0.